The number of rotatable bonds is 3. The molecule has 0 spiro atoms. The van der Waals surface area contributed by atoms with Crippen molar-refractivity contribution < 1.29 is 0 Å². The van der Waals surface area contributed by atoms with Crippen LogP contribution in [0.3, 0.4) is 0 Å². The minimum atomic E-state index is 0.631. The zero-order chi connectivity index (χ0) is 18.4. The Bertz CT molecular complexity index is 968. The minimum absolute atomic E-state index is 0.631. The van der Waals surface area contributed by atoms with Crippen LogP contribution in [0.25, 0.3) is 0 Å². The second-order valence-electron chi connectivity index (χ2n) is 6.57. The van der Waals surface area contributed by atoms with Crippen molar-refractivity contribution in [3.63, 3.8) is 0 Å². The largest absolute Gasteiger partial charge is 0.271 e. The van der Waals surface area contributed by atoms with Crippen molar-refractivity contribution in [2.45, 2.75) is 27.3 Å². The predicted molar refractivity (Wildman–Crippen MR) is 111 cm³/mol. The zero-order valence-corrected chi connectivity index (χ0v) is 15.6. The van der Waals surface area contributed by atoms with Crippen LogP contribution in [-0.2, 0) is 6.54 Å². The Morgan fingerprint density at radius 3 is 2.23 bits per heavy atom. The number of nitrogens with zero attached hydrogens (tertiary/aromatic N) is 1. The van der Waals surface area contributed by atoms with Gasteiger partial charge in [0.1, 0.15) is 5.71 Å². The van der Waals surface area contributed by atoms with Gasteiger partial charge in [0.25, 0.3) is 0 Å². The van der Waals surface area contributed by atoms with E-state index in [-0.39, 0.29) is 0 Å². The minimum Gasteiger partial charge on any atom is -0.271 e. The molecule has 3 aromatic rings. The van der Waals surface area contributed by atoms with Gasteiger partial charge >= 0.3 is 0 Å². The lowest BCUT2D eigenvalue weighted by Gasteiger charge is -2.05. The van der Waals surface area contributed by atoms with E-state index in [0.29, 0.717) is 6.54 Å². The average molecular weight is 337 g/mol. The molecule has 0 aliphatic heterocycles. The van der Waals surface area contributed by atoms with Crippen LogP contribution in [0, 0.1) is 32.6 Å². The van der Waals surface area contributed by atoms with Gasteiger partial charge in [-0.2, -0.15) is 0 Å². The molecule has 0 bridgehead atoms. The van der Waals surface area contributed by atoms with E-state index >= 15 is 0 Å². The lowest BCUT2D eigenvalue weighted by Crippen LogP contribution is -2.00. The van der Waals surface area contributed by atoms with Crippen molar-refractivity contribution >= 4 is 5.71 Å². The van der Waals surface area contributed by atoms with Crippen LogP contribution in [-0.4, -0.2) is 5.71 Å². The van der Waals surface area contributed by atoms with Crippen molar-refractivity contribution in [1.82, 2.24) is 0 Å². The summed E-state index contributed by atoms with van der Waals surface area (Å²) in [4.78, 5) is 4.82. The summed E-state index contributed by atoms with van der Waals surface area (Å²) >= 11 is 0. The summed E-state index contributed by atoms with van der Waals surface area (Å²) in [5.41, 5.74) is 7.89. The Hall–Kier alpha value is -3.11. The predicted octanol–water partition coefficient (Wildman–Crippen LogP) is 5.65. The summed E-state index contributed by atoms with van der Waals surface area (Å²) in [6, 6.07) is 25.0. The van der Waals surface area contributed by atoms with Gasteiger partial charge in [0.05, 0.1) is 6.54 Å². The highest BCUT2D eigenvalue weighted by Crippen LogP contribution is 2.12. The molecule has 0 N–H and O–H groups in total. The van der Waals surface area contributed by atoms with Crippen molar-refractivity contribution in [1.29, 1.82) is 0 Å². The monoisotopic (exact) mass is 337 g/mol. The van der Waals surface area contributed by atoms with E-state index in [1.54, 1.807) is 0 Å². The summed E-state index contributed by atoms with van der Waals surface area (Å²) in [6.45, 7) is 6.98. The summed E-state index contributed by atoms with van der Waals surface area (Å²) < 4.78 is 0. The van der Waals surface area contributed by atoms with Crippen LogP contribution in [0.1, 0.15) is 33.4 Å². The number of hydrogen-bond donors (Lipinski definition) is 0. The second-order valence-corrected chi connectivity index (χ2v) is 6.57. The van der Waals surface area contributed by atoms with Gasteiger partial charge in [-0.3, -0.25) is 4.99 Å². The third kappa shape index (κ3) is 4.71. The van der Waals surface area contributed by atoms with Crippen LogP contribution in [0.2, 0.25) is 0 Å². The molecule has 0 amide bonds. The molecule has 0 fully saturated rings. The van der Waals surface area contributed by atoms with Gasteiger partial charge in [0.15, 0.2) is 0 Å². The molecule has 0 saturated carbocycles. The first-order valence-electron chi connectivity index (χ1n) is 8.86. The lowest BCUT2D eigenvalue weighted by molar-refractivity contribution is 1.07. The fourth-order valence-electron chi connectivity index (χ4n) is 2.61. The quantitative estimate of drug-likeness (QED) is 0.432. The highest BCUT2D eigenvalue weighted by molar-refractivity contribution is 6.13. The van der Waals surface area contributed by atoms with Crippen LogP contribution in [0.15, 0.2) is 77.8 Å². The zero-order valence-electron chi connectivity index (χ0n) is 15.6. The molecule has 0 aliphatic rings. The number of benzene rings is 3. The summed E-state index contributed by atoms with van der Waals surface area (Å²) in [7, 11) is 0. The summed E-state index contributed by atoms with van der Waals surface area (Å²) in [5, 5.41) is 0. The Balaban J connectivity index is 1.95. The fraction of sp³-hybridized carbons (Fsp3) is 0.160. The van der Waals surface area contributed by atoms with Crippen LogP contribution >= 0.6 is 0 Å². The molecule has 1 heteroatoms. The van der Waals surface area contributed by atoms with E-state index in [9.17, 15) is 0 Å². The number of hydrogen-bond acceptors (Lipinski definition) is 1. The highest BCUT2D eigenvalue weighted by atomic mass is 14.7. The van der Waals surface area contributed by atoms with Crippen LogP contribution in [0.5, 0.6) is 0 Å². The topological polar surface area (TPSA) is 12.4 Å². The molecule has 0 atom stereocenters. The summed E-state index contributed by atoms with van der Waals surface area (Å²) in [6.07, 6.45) is 0. The highest BCUT2D eigenvalue weighted by Gasteiger charge is 2.03. The van der Waals surface area contributed by atoms with Gasteiger partial charge in [-0.05, 0) is 61.6 Å². The molecule has 0 radical (unpaired) electrons. The Kier molecular flexibility index (Phi) is 5.66. The molecule has 26 heavy (non-hydrogen) atoms. The average Bonchev–Trinajstić information content (AvgIpc) is 2.66. The molecule has 3 aromatic carbocycles. The van der Waals surface area contributed by atoms with Crippen molar-refractivity contribution in [3.8, 4) is 11.8 Å². The van der Waals surface area contributed by atoms with Crippen molar-refractivity contribution in [2.75, 3.05) is 0 Å². The lowest BCUT2D eigenvalue weighted by atomic mass is 10.0. The van der Waals surface area contributed by atoms with Crippen LogP contribution < -0.4 is 0 Å². The first-order chi connectivity index (χ1) is 12.6. The molecule has 1 nitrogen and oxygen atoms in total. The third-order valence-corrected chi connectivity index (χ3v) is 4.42. The Morgan fingerprint density at radius 2 is 1.54 bits per heavy atom. The molecular formula is C25H23N. The maximum absolute atomic E-state index is 4.82. The molecule has 0 aromatic heterocycles. The van der Waals surface area contributed by atoms with Gasteiger partial charge in [-0.1, -0.05) is 66.1 Å². The van der Waals surface area contributed by atoms with Gasteiger partial charge in [-0.15, -0.1) is 0 Å². The molecule has 0 unspecified atom stereocenters. The maximum atomic E-state index is 4.82. The maximum Gasteiger partial charge on any atom is 0.115 e. The van der Waals surface area contributed by atoms with Gasteiger partial charge in [-0.25, -0.2) is 0 Å². The van der Waals surface area contributed by atoms with E-state index in [0.717, 1.165) is 16.8 Å². The van der Waals surface area contributed by atoms with Gasteiger partial charge < -0.3 is 0 Å². The number of aliphatic imine (C=N–C) groups is 1. The molecule has 3 rings (SSSR count). The van der Waals surface area contributed by atoms with E-state index < -0.39 is 0 Å². The second kappa shape index (κ2) is 8.32. The van der Waals surface area contributed by atoms with E-state index in [1.165, 1.54) is 22.3 Å². The number of aryl methyl sites for hydroxylation is 3. The van der Waals surface area contributed by atoms with E-state index in [2.05, 4.69) is 75.1 Å². The van der Waals surface area contributed by atoms with Gasteiger partial charge in [0, 0.05) is 11.1 Å². The molecule has 128 valence electrons. The third-order valence-electron chi connectivity index (χ3n) is 4.42. The first-order valence-corrected chi connectivity index (χ1v) is 8.86. The Labute approximate surface area is 156 Å². The van der Waals surface area contributed by atoms with Crippen LogP contribution in [0.4, 0.5) is 0 Å². The standard InChI is InChI=1S/C25H23N/c1-19-9-12-23(13-10-19)18-26-25(16-14-22-7-5-4-6-8-22)24-15-11-20(2)21(3)17-24/h4-13,15,17H,18H2,1-3H3. The Morgan fingerprint density at radius 1 is 0.808 bits per heavy atom. The SMILES string of the molecule is Cc1ccc(CN=C(C#Cc2ccccc2)c2ccc(C)c(C)c2)cc1. The van der Waals surface area contributed by atoms with E-state index in [4.69, 9.17) is 4.99 Å². The van der Waals surface area contributed by atoms with Crippen molar-refractivity contribution in [2.24, 2.45) is 4.99 Å². The van der Waals surface area contributed by atoms with Crippen molar-refractivity contribution in [3.05, 3.63) is 106 Å². The molecular weight excluding hydrogens is 314 g/mol. The smallest absolute Gasteiger partial charge is 0.115 e. The first kappa shape index (κ1) is 17.7. The van der Waals surface area contributed by atoms with E-state index in [1.807, 2.05) is 30.3 Å². The summed E-state index contributed by atoms with van der Waals surface area (Å²) in [5.74, 6) is 6.52. The molecule has 0 saturated heterocycles. The van der Waals surface area contributed by atoms with Gasteiger partial charge in [0.2, 0.25) is 0 Å². The fourth-order valence-corrected chi connectivity index (χ4v) is 2.61. The normalized spacial score (nSPS) is 11.0. The molecule has 0 heterocycles. The molecule has 0 aliphatic carbocycles.